The maximum absolute atomic E-state index is 5.96. The van der Waals surface area contributed by atoms with Gasteiger partial charge in [0, 0.05) is 37.9 Å². The fourth-order valence-corrected chi connectivity index (χ4v) is 2.28. The van der Waals surface area contributed by atoms with Gasteiger partial charge in [0.05, 0.1) is 5.69 Å². The molecule has 1 aromatic heterocycles. The number of hydrogen-bond acceptors (Lipinski definition) is 3. The Balaban J connectivity index is 0.00000128. The lowest BCUT2D eigenvalue weighted by molar-refractivity contribution is 0.201. The summed E-state index contributed by atoms with van der Waals surface area (Å²) in [5.41, 5.74) is 8.42. The first-order valence-electron chi connectivity index (χ1n) is 5.62. The van der Waals surface area contributed by atoms with Gasteiger partial charge in [0.25, 0.3) is 0 Å². The highest BCUT2D eigenvalue weighted by molar-refractivity contribution is 5.85. The normalized spacial score (nSPS) is 21.8. The number of halogens is 1. The highest BCUT2D eigenvalue weighted by Crippen LogP contribution is 2.14. The van der Waals surface area contributed by atoms with E-state index in [0.717, 1.165) is 18.8 Å². The highest BCUT2D eigenvalue weighted by Gasteiger charge is 2.17. The van der Waals surface area contributed by atoms with E-state index < -0.39 is 0 Å². The lowest BCUT2D eigenvalue weighted by atomic mass is 10.1. The predicted octanol–water partition coefficient (Wildman–Crippen LogP) is 1.07. The fraction of sp³-hybridized carbons (Fsp3) is 0.727. The Bertz CT molecular complexity index is 337. The van der Waals surface area contributed by atoms with E-state index in [0.29, 0.717) is 6.04 Å². The second-order valence-electron chi connectivity index (χ2n) is 4.55. The molecule has 1 saturated heterocycles. The minimum atomic E-state index is 0. The molecule has 0 radical (unpaired) electrons. The first kappa shape index (κ1) is 13.5. The topological polar surface area (TPSA) is 47.1 Å². The second-order valence-corrected chi connectivity index (χ2v) is 4.55. The van der Waals surface area contributed by atoms with Crippen LogP contribution in [0.2, 0.25) is 0 Å². The molecule has 2 heterocycles. The first-order chi connectivity index (χ1) is 7.15. The molecule has 4 nitrogen and oxygen atoms in total. The molecule has 0 spiro atoms. The van der Waals surface area contributed by atoms with E-state index >= 15 is 0 Å². The molecule has 92 valence electrons. The van der Waals surface area contributed by atoms with Crippen LogP contribution >= 0.6 is 12.4 Å². The van der Waals surface area contributed by atoms with Gasteiger partial charge in [-0.3, -0.25) is 9.58 Å². The molecule has 1 atom stereocenters. The van der Waals surface area contributed by atoms with E-state index in [1.807, 2.05) is 11.7 Å². The third kappa shape index (κ3) is 3.20. The van der Waals surface area contributed by atoms with Gasteiger partial charge in [-0.05, 0) is 26.3 Å². The standard InChI is InChI=1S/C11H20N4.ClH/c1-9-10(6-14(2)13-9)7-15-5-3-4-11(12)8-15;/h6,11H,3-5,7-8,12H2,1-2H3;1H/t11-;/m1./s1. The molecule has 1 aromatic rings. The fourth-order valence-electron chi connectivity index (χ4n) is 2.28. The maximum atomic E-state index is 5.96. The molecule has 0 unspecified atom stereocenters. The number of nitrogens with two attached hydrogens (primary N) is 1. The summed E-state index contributed by atoms with van der Waals surface area (Å²) in [4.78, 5) is 2.43. The predicted molar refractivity (Wildman–Crippen MR) is 67.7 cm³/mol. The molecule has 0 aromatic carbocycles. The number of nitrogens with zero attached hydrogens (tertiary/aromatic N) is 3. The summed E-state index contributed by atoms with van der Waals surface area (Å²) < 4.78 is 1.88. The lowest BCUT2D eigenvalue weighted by Crippen LogP contribution is -2.42. The Labute approximate surface area is 103 Å². The zero-order chi connectivity index (χ0) is 10.8. The maximum Gasteiger partial charge on any atom is 0.0638 e. The Morgan fingerprint density at radius 2 is 2.31 bits per heavy atom. The molecule has 1 aliphatic heterocycles. The third-order valence-electron chi connectivity index (χ3n) is 3.05. The van der Waals surface area contributed by atoms with E-state index in [1.54, 1.807) is 0 Å². The Hall–Kier alpha value is -0.580. The van der Waals surface area contributed by atoms with Crippen LogP contribution in [0.25, 0.3) is 0 Å². The minimum absolute atomic E-state index is 0. The van der Waals surface area contributed by atoms with Crippen molar-refractivity contribution in [1.29, 1.82) is 0 Å². The van der Waals surface area contributed by atoms with E-state index in [4.69, 9.17) is 5.73 Å². The number of aryl methyl sites for hydroxylation is 2. The molecule has 16 heavy (non-hydrogen) atoms. The molecule has 0 saturated carbocycles. The van der Waals surface area contributed by atoms with Gasteiger partial charge in [0.2, 0.25) is 0 Å². The second kappa shape index (κ2) is 5.66. The number of piperidine rings is 1. The van der Waals surface area contributed by atoms with Crippen LogP contribution in [0.15, 0.2) is 6.20 Å². The van der Waals surface area contributed by atoms with Crippen LogP contribution < -0.4 is 5.73 Å². The average molecular weight is 245 g/mol. The summed E-state index contributed by atoms with van der Waals surface area (Å²) in [6.07, 6.45) is 4.50. The average Bonchev–Trinajstić information content (AvgIpc) is 2.45. The summed E-state index contributed by atoms with van der Waals surface area (Å²) in [5, 5.41) is 4.35. The van der Waals surface area contributed by atoms with E-state index in [9.17, 15) is 0 Å². The minimum Gasteiger partial charge on any atom is -0.327 e. The van der Waals surface area contributed by atoms with E-state index in [2.05, 4.69) is 23.1 Å². The summed E-state index contributed by atoms with van der Waals surface area (Å²) in [5.74, 6) is 0. The van der Waals surface area contributed by atoms with Crippen LogP contribution in [0.5, 0.6) is 0 Å². The number of likely N-dealkylation sites (tertiary alicyclic amines) is 1. The summed E-state index contributed by atoms with van der Waals surface area (Å²) in [6, 6.07) is 0.357. The van der Waals surface area contributed by atoms with Gasteiger partial charge < -0.3 is 5.73 Å². The zero-order valence-electron chi connectivity index (χ0n) is 10.0. The van der Waals surface area contributed by atoms with Crippen LogP contribution in [0.4, 0.5) is 0 Å². The van der Waals surface area contributed by atoms with Gasteiger partial charge in [-0.15, -0.1) is 12.4 Å². The van der Waals surface area contributed by atoms with Crippen LogP contribution in [0.1, 0.15) is 24.1 Å². The smallest absolute Gasteiger partial charge is 0.0638 e. The van der Waals surface area contributed by atoms with Gasteiger partial charge in [-0.1, -0.05) is 0 Å². The van der Waals surface area contributed by atoms with Crippen molar-refractivity contribution in [3.05, 3.63) is 17.5 Å². The quantitative estimate of drug-likeness (QED) is 0.847. The first-order valence-corrected chi connectivity index (χ1v) is 5.62. The Morgan fingerprint density at radius 1 is 1.56 bits per heavy atom. The number of hydrogen-bond donors (Lipinski definition) is 1. The van der Waals surface area contributed by atoms with Gasteiger partial charge in [0.1, 0.15) is 0 Å². The van der Waals surface area contributed by atoms with Crippen molar-refractivity contribution in [2.75, 3.05) is 13.1 Å². The van der Waals surface area contributed by atoms with Gasteiger partial charge >= 0.3 is 0 Å². The van der Waals surface area contributed by atoms with Gasteiger partial charge in [-0.2, -0.15) is 5.10 Å². The van der Waals surface area contributed by atoms with Gasteiger partial charge in [-0.25, -0.2) is 0 Å². The van der Waals surface area contributed by atoms with Crippen molar-refractivity contribution in [2.45, 2.75) is 32.4 Å². The summed E-state index contributed by atoms with van der Waals surface area (Å²) in [6.45, 7) is 5.25. The van der Waals surface area contributed by atoms with Gasteiger partial charge in [0.15, 0.2) is 0 Å². The summed E-state index contributed by atoms with van der Waals surface area (Å²) >= 11 is 0. The van der Waals surface area contributed by atoms with Crippen molar-refractivity contribution in [2.24, 2.45) is 12.8 Å². The molecule has 2 N–H and O–H groups in total. The van der Waals surface area contributed by atoms with Crippen molar-refractivity contribution >= 4 is 12.4 Å². The monoisotopic (exact) mass is 244 g/mol. The van der Waals surface area contributed by atoms with Crippen molar-refractivity contribution in [3.8, 4) is 0 Å². The van der Waals surface area contributed by atoms with E-state index in [1.165, 1.54) is 24.9 Å². The lowest BCUT2D eigenvalue weighted by Gasteiger charge is -2.30. The zero-order valence-corrected chi connectivity index (χ0v) is 10.8. The molecular formula is C11H21ClN4. The molecular weight excluding hydrogens is 224 g/mol. The largest absolute Gasteiger partial charge is 0.327 e. The van der Waals surface area contributed by atoms with E-state index in [-0.39, 0.29) is 12.4 Å². The van der Waals surface area contributed by atoms with Crippen LogP contribution in [-0.4, -0.2) is 33.8 Å². The molecule has 1 aliphatic rings. The highest BCUT2D eigenvalue weighted by atomic mass is 35.5. The molecule has 0 bridgehead atoms. The van der Waals surface area contributed by atoms with Crippen LogP contribution in [-0.2, 0) is 13.6 Å². The molecule has 0 aliphatic carbocycles. The Kier molecular flexibility index (Phi) is 4.77. The van der Waals surface area contributed by atoms with Crippen molar-refractivity contribution < 1.29 is 0 Å². The number of rotatable bonds is 2. The van der Waals surface area contributed by atoms with Crippen molar-refractivity contribution in [1.82, 2.24) is 14.7 Å². The molecule has 2 rings (SSSR count). The van der Waals surface area contributed by atoms with Crippen LogP contribution in [0, 0.1) is 6.92 Å². The molecule has 0 amide bonds. The molecule has 5 heteroatoms. The third-order valence-corrected chi connectivity index (χ3v) is 3.05. The van der Waals surface area contributed by atoms with Crippen LogP contribution in [0.3, 0.4) is 0 Å². The summed E-state index contributed by atoms with van der Waals surface area (Å²) in [7, 11) is 1.97. The SMILES string of the molecule is Cc1nn(C)cc1CN1CCC[C@@H](N)C1.Cl. The Morgan fingerprint density at radius 3 is 2.88 bits per heavy atom. The van der Waals surface area contributed by atoms with Crippen molar-refractivity contribution in [3.63, 3.8) is 0 Å². The molecule has 1 fully saturated rings. The number of aromatic nitrogens is 2.